The molecule has 0 aliphatic carbocycles. The Labute approximate surface area is 124 Å². The Morgan fingerprint density at radius 2 is 1.85 bits per heavy atom. The summed E-state index contributed by atoms with van der Waals surface area (Å²) in [5.74, 6) is 0. The van der Waals surface area contributed by atoms with Gasteiger partial charge in [0, 0.05) is 18.4 Å². The average molecular weight is 374 g/mol. The monoisotopic (exact) mass is 373 g/mol. The van der Waals surface area contributed by atoms with Gasteiger partial charge in [-0.15, -0.1) is 0 Å². The summed E-state index contributed by atoms with van der Waals surface area (Å²) in [5.41, 5.74) is -5.25. The first kappa shape index (κ1) is 17.3. The van der Waals surface area contributed by atoms with Crippen LogP contribution in [0.5, 0.6) is 0 Å². The second-order valence-corrected chi connectivity index (χ2v) is 7.88. The first-order valence-electron chi connectivity index (χ1n) is 5.83. The number of alkyl halides is 4. The topological polar surface area (TPSA) is 37.4 Å². The molecule has 0 amide bonds. The standard InChI is InChI=1S/C12H15BrF3NO2S/c1-9(13)7-8-17(2)10-5-3-4-6-11(10)20(18,19)12(14,15)16/h3-6,9H,7-8H2,1-2H3. The van der Waals surface area contributed by atoms with Gasteiger partial charge in [-0.2, -0.15) is 13.2 Å². The Morgan fingerprint density at radius 1 is 1.30 bits per heavy atom. The highest BCUT2D eigenvalue weighted by molar-refractivity contribution is 9.09. The maximum atomic E-state index is 12.7. The Hall–Kier alpha value is -0.760. The van der Waals surface area contributed by atoms with Gasteiger partial charge in [0.1, 0.15) is 0 Å². The van der Waals surface area contributed by atoms with E-state index in [9.17, 15) is 21.6 Å². The zero-order valence-electron chi connectivity index (χ0n) is 11.0. The second-order valence-electron chi connectivity index (χ2n) is 4.41. The fraction of sp³-hybridized carbons (Fsp3) is 0.500. The molecule has 0 aliphatic heterocycles. The predicted octanol–water partition coefficient (Wildman–Crippen LogP) is 3.59. The van der Waals surface area contributed by atoms with Gasteiger partial charge in [-0.25, -0.2) is 8.42 Å². The second kappa shape index (κ2) is 6.34. The number of benzene rings is 1. The van der Waals surface area contributed by atoms with E-state index in [2.05, 4.69) is 15.9 Å². The van der Waals surface area contributed by atoms with Crippen molar-refractivity contribution in [3.8, 4) is 0 Å². The van der Waals surface area contributed by atoms with Crippen LogP contribution in [0.3, 0.4) is 0 Å². The van der Waals surface area contributed by atoms with Gasteiger partial charge in [0.15, 0.2) is 0 Å². The fourth-order valence-electron chi connectivity index (χ4n) is 1.62. The van der Waals surface area contributed by atoms with E-state index < -0.39 is 20.2 Å². The number of para-hydroxylation sites is 1. The summed E-state index contributed by atoms with van der Waals surface area (Å²) in [4.78, 5) is 0.990. The minimum absolute atomic E-state index is 0.0537. The molecule has 3 nitrogen and oxygen atoms in total. The summed E-state index contributed by atoms with van der Waals surface area (Å²) >= 11 is 3.34. The molecule has 1 rings (SSSR count). The van der Waals surface area contributed by atoms with Gasteiger partial charge in [0.2, 0.25) is 0 Å². The summed E-state index contributed by atoms with van der Waals surface area (Å²) < 4.78 is 61.1. The molecule has 0 heterocycles. The number of rotatable bonds is 5. The number of nitrogens with zero attached hydrogens (tertiary/aromatic N) is 1. The smallest absolute Gasteiger partial charge is 0.373 e. The van der Waals surface area contributed by atoms with Crippen molar-refractivity contribution in [2.45, 2.75) is 28.6 Å². The van der Waals surface area contributed by atoms with Crippen molar-refractivity contribution < 1.29 is 21.6 Å². The molecule has 20 heavy (non-hydrogen) atoms. The molecule has 0 radical (unpaired) electrons. The van der Waals surface area contributed by atoms with Crippen molar-refractivity contribution in [3.63, 3.8) is 0 Å². The third-order valence-corrected chi connectivity index (χ3v) is 4.72. The Morgan fingerprint density at radius 3 is 2.35 bits per heavy atom. The number of hydrogen-bond acceptors (Lipinski definition) is 3. The molecule has 1 aromatic rings. The van der Waals surface area contributed by atoms with E-state index in [1.807, 2.05) is 6.92 Å². The van der Waals surface area contributed by atoms with Crippen LogP contribution in [0.1, 0.15) is 13.3 Å². The molecule has 0 spiro atoms. The van der Waals surface area contributed by atoms with Crippen molar-refractivity contribution >= 4 is 31.5 Å². The lowest BCUT2D eigenvalue weighted by Gasteiger charge is -2.23. The minimum Gasteiger partial charge on any atom is -0.373 e. The quantitative estimate of drug-likeness (QED) is 0.740. The van der Waals surface area contributed by atoms with Crippen molar-refractivity contribution in [3.05, 3.63) is 24.3 Å². The zero-order valence-corrected chi connectivity index (χ0v) is 13.4. The van der Waals surface area contributed by atoms with Crippen LogP contribution in [0.4, 0.5) is 18.9 Å². The number of anilines is 1. The van der Waals surface area contributed by atoms with Crippen molar-refractivity contribution in [1.82, 2.24) is 0 Å². The van der Waals surface area contributed by atoms with Crippen LogP contribution in [-0.4, -0.2) is 32.3 Å². The van der Waals surface area contributed by atoms with E-state index in [1.54, 1.807) is 7.05 Å². The van der Waals surface area contributed by atoms with Crippen LogP contribution in [0.2, 0.25) is 0 Å². The van der Waals surface area contributed by atoms with Gasteiger partial charge < -0.3 is 4.90 Å². The molecule has 0 N–H and O–H groups in total. The molecule has 0 bridgehead atoms. The van der Waals surface area contributed by atoms with Crippen LogP contribution in [0.25, 0.3) is 0 Å². The first-order valence-corrected chi connectivity index (χ1v) is 8.23. The summed E-state index contributed by atoms with van der Waals surface area (Å²) in [5, 5.41) is 0. The van der Waals surface area contributed by atoms with Crippen LogP contribution >= 0.6 is 15.9 Å². The third kappa shape index (κ3) is 3.88. The summed E-state index contributed by atoms with van der Waals surface area (Å²) in [7, 11) is -3.77. The van der Waals surface area contributed by atoms with E-state index in [0.29, 0.717) is 13.0 Å². The van der Waals surface area contributed by atoms with Gasteiger partial charge >= 0.3 is 5.51 Å². The predicted molar refractivity (Wildman–Crippen MR) is 76.0 cm³/mol. The maximum Gasteiger partial charge on any atom is 0.501 e. The lowest BCUT2D eigenvalue weighted by atomic mass is 10.2. The van der Waals surface area contributed by atoms with E-state index in [0.717, 1.165) is 6.07 Å². The van der Waals surface area contributed by atoms with Crippen LogP contribution in [-0.2, 0) is 9.84 Å². The van der Waals surface area contributed by atoms with Gasteiger partial charge in [0.05, 0.1) is 10.6 Å². The number of sulfone groups is 1. The van der Waals surface area contributed by atoms with Gasteiger partial charge in [-0.05, 0) is 18.6 Å². The van der Waals surface area contributed by atoms with Crippen molar-refractivity contribution in [2.75, 3.05) is 18.5 Å². The highest BCUT2D eigenvalue weighted by Gasteiger charge is 2.48. The number of hydrogen-bond donors (Lipinski definition) is 0. The maximum absolute atomic E-state index is 12.7. The van der Waals surface area contributed by atoms with Crippen LogP contribution in [0, 0.1) is 0 Å². The lowest BCUT2D eigenvalue weighted by molar-refractivity contribution is -0.0435. The van der Waals surface area contributed by atoms with Gasteiger partial charge in [-0.3, -0.25) is 0 Å². The number of halogens is 4. The molecule has 0 saturated carbocycles. The molecular weight excluding hydrogens is 359 g/mol. The summed E-state index contributed by atoms with van der Waals surface area (Å²) in [6.45, 7) is 2.35. The van der Waals surface area contributed by atoms with E-state index in [4.69, 9.17) is 0 Å². The van der Waals surface area contributed by atoms with Crippen LogP contribution in [0.15, 0.2) is 29.2 Å². The zero-order chi connectivity index (χ0) is 15.6. The molecule has 1 unspecified atom stereocenters. The molecule has 0 aromatic heterocycles. The summed E-state index contributed by atoms with van der Waals surface area (Å²) in [6, 6.07) is 5.14. The largest absolute Gasteiger partial charge is 0.501 e. The molecule has 0 fully saturated rings. The molecule has 1 aromatic carbocycles. The van der Waals surface area contributed by atoms with Crippen LogP contribution < -0.4 is 4.90 Å². The Bertz CT molecular complexity index is 558. The molecule has 8 heteroatoms. The first-order chi connectivity index (χ1) is 9.07. The Balaban J connectivity index is 3.18. The third-order valence-electron chi connectivity index (χ3n) is 2.73. The van der Waals surface area contributed by atoms with E-state index >= 15 is 0 Å². The van der Waals surface area contributed by atoms with Gasteiger partial charge in [0.25, 0.3) is 9.84 Å². The highest BCUT2D eigenvalue weighted by atomic mass is 79.9. The highest BCUT2D eigenvalue weighted by Crippen LogP contribution is 2.35. The molecule has 0 saturated heterocycles. The average Bonchev–Trinajstić information content (AvgIpc) is 2.34. The van der Waals surface area contributed by atoms with E-state index in [-0.39, 0.29) is 10.5 Å². The summed E-state index contributed by atoms with van der Waals surface area (Å²) in [6.07, 6.45) is 0.677. The molecule has 1 atom stereocenters. The van der Waals surface area contributed by atoms with Gasteiger partial charge in [-0.1, -0.05) is 35.0 Å². The molecular formula is C12H15BrF3NO2S. The fourth-order valence-corrected chi connectivity index (χ4v) is 2.83. The molecule has 114 valence electrons. The normalized spacial score (nSPS) is 14.1. The lowest BCUT2D eigenvalue weighted by Crippen LogP contribution is -2.27. The van der Waals surface area contributed by atoms with E-state index in [1.165, 1.54) is 23.1 Å². The van der Waals surface area contributed by atoms with Crippen molar-refractivity contribution in [1.29, 1.82) is 0 Å². The SMILES string of the molecule is CC(Br)CCN(C)c1ccccc1S(=O)(=O)C(F)(F)F. The van der Waals surface area contributed by atoms with Crippen molar-refractivity contribution in [2.24, 2.45) is 0 Å². The Kier molecular flexibility index (Phi) is 5.48. The minimum atomic E-state index is -5.34. The molecule has 0 aliphatic rings.